The van der Waals surface area contributed by atoms with E-state index in [0.29, 0.717) is 6.04 Å². The predicted octanol–water partition coefficient (Wildman–Crippen LogP) is 0.894. The van der Waals surface area contributed by atoms with Crippen LogP contribution in [0.5, 0.6) is 0 Å². The molecular formula is C5H13NSe. The maximum atomic E-state index is 5.49. The molecule has 0 aliphatic rings. The first-order chi connectivity index (χ1) is 3.27. The van der Waals surface area contributed by atoms with Crippen molar-refractivity contribution < 1.29 is 0 Å². The normalized spacial score (nSPS) is 14.1. The molecule has 0 radical (unpaired) electrons. The van der Waals surface area contributed by atoms with Gasteiger partial charge in [0.05, 0.1) is 0 Å². The molecule has 1 atom stereocenters. The van der Waals surface area contributed by atoms with E-state index in [9.17, 15) is 0 Å². The third-order valence-corrected chi connectivity index (χ3v) is 2.13. The molecule has 1 nitrogen and oxygen atoms in total. The zero-order chi connectivity index (χ0) is 5.70. The van der Waals surface area contributed by atoms with Crippen molar-refractivity contribution in [3.8, 4) is 0 Å². The second-order valence-corrected chi connectivity index (χ2v) is 3.83. The molecule has 0 heterocycles. The van der Waals surface area contributed by atoms with Crippen molar-refractivity contribution in [2.45, 2.75) is 30.5 Å². The molecule has 0 aliphatic carbocycles. The van der Waals surface area contributed by atoms with Crippen LogP contribution in [0, 0.1) is 0 Å². The summed E-state index contributed by atoms with van der Waals surface area (Å²) in [6.45, 7) is 2.06. The first-order valence-electron chi connectivity index (χ1n) is 2.52. The van der Waals surface area contributed by atoms with E-state index in [1.54, 1.807) is 0 Å². The summed E-state index contributed by atoms with van der Waals surface area (Å²) in [5.41, 5.74) is 5.49. The summed E-state index contributed by atoms with van der Waals surface area (Å²) in [7, 11) is 0. The summed E-state index contributed by atoms with van der Waals surface area (Å²) >= 11 is 0.827. The molecule has 0 aromatic carbocycles. The van der Waals surface area contributed by atoms with Gasteiger partial charge in [-0.3, -0.25) is 0 Å². The first kappa shape index (κ1) is 7.48. The van der Waals surface area contributed by atoms with Gasteiger partial charge in [0.1, 0.15) is 0 Å². The van der Waals surface area contributed by atoms with E-state index in [1.165, 1.54) is 11.7 Å². The Morgan fingerprint density at radius 1 is 1.71 bits per heavy atom. The van der Waals surface area contributed by atoms with Crippen molar-refractivity contribution in [1.29, 1.82) is 0 Å². The molecule has 0 rings (SSSR count). The van der Waals surface area contributed by atoms with Gasteiger partial charge >= 0.3 is 51.2 Å². The van der Waals surface area contributed by atoms with Crippen LogP contribution in [0.4, 0.5) is 0 Å². The molecule has 0 saturated heterocycles. The van der Waals surface area contributed by atoms with Gasteiger partial charge in [-0.2, -0.15) is 0 Å². The third-order valence-electron chi connectivity index (χ3n) is 0.777. The van der Waals surface area contributed by atoms with Crippen molar-refractivity contribution >= 4 is 15.0 Å². The average Bonchev–Trinajstić information content (AvgIpc) is 1.61. The average molecular weight is 166 g/mol. The molecule has 0 bridgehead atoms. The van der Waals surface area contributed by atoms with Crippen LogP contribution in [0.2, 0.25) is 11.1 Å². The van der Waals surface area contributed by atoms with Crippen LogP contribution in [-0.2, 0) is 0 Å². The summed E-state index contributed by atoms with van der Waals surface area (Å²) in [6, 6.07) is 0.418. The fraction of sp³-hybridized carbons (Fsp3) is 1.00. The van der Waals surface area contributed by atoms with Crippen molar-refractivity contribution in [1.82, 2.24) is 0 Å². The maximum absolute atomic E-state index is 5.49. The van der Waals surface area contributed by atoms with Crippen molar-refractivity contribution in [2.24, 2.45) is 5.73 Å². The minimum atomic E-state index is 0.418. The van der Waals surface area contributed by atoms with E-state index < -0.39 is 0 Å². The van der Waals surface area contributed by atoms with Gasteiger partial charge in [0.25, 0.3) is 0 Å². The Morgan fingerprint density at radius 2 is 2.29 bits per heavy atom. The zero-order valence-corrected chi connectivity index (χ0v) is 6.69. The van der Waals surface area contributed by atoms with Gasteiger partial charge in [-0.15, -0.1) is 0 Å². The Labute approximate surface area is 51.8 Å². The predicted molar refractivity (Wildman–Crippen MR) is 34.7 cm³/mol. The van der Waals surface area contributed by atoms with Crippen LogP contribution in [0.3, 0.4) is 0 Å². The van der Waals surface area contributed by atoms with E-state index in [1.807, 2.05) is 0 Å². The Morgan fingerprint density at radius 3 is 2.43 bits per heavy atom. The van der Waals surface area contributed by atoms with Gasteiger partial charge in [-0.05, 0) is 0 Å². The number of hydrogen-bond donors (Lipinski definition) is 1. The second-order valence-electron chi connectivity index (χ2n) is 1.76. The number of hydrogen-bond acceptors (Lipinski definition) is 1. The van der Waals surface area contributed by atoms with Crippen LogP contribution in [0.1, 0.15) is 13.3 Å². The third kappa shape index (κ3) is 6.48. The van der Waals surface area contributed by atoms with Crippen molar-refractivity contribution in [3.63, 3.8) is 0 Å². The molecule has 7 heavy (non-hydrogen) atoms. The Kier molecular flexibility index (Phi) is 4.95. The van der Waals surface area contributed by atoms with E-state index in [2.05, 4.69) is 12.7 Å². The van der Waals surface area contributed by atoms with E-state index in [4.69, 9.17) is 5.73 Å². The first-order valence-corrected chi connectivity index (χ1v) is 5.44. The summed E-state index contributed by atoms with van der Waals surface area (Å²) < 4.78 is 0. The molecule has 0 spiro atoms. The van der Waals surface area contributed by atoms with Crippen LogP contribution in [0.25, 0.3) is 0 Å². The van der Waals surface area contributed by atoms with Gasteiger partial charge in [0, 0.05) is 0 Å². The fourth-order valence-electron chi connectivity index (χ4n) is 0.304. The summed E-state index contributed by atoms with van der Waals surface area (Å²) in [4.78, 5) is 0. The second kappa shape index (κ2) is 4.63. The van der Waals surface area contributed by atoms with Gasteiger partial charge in [-0.25, -0.2) is 0 Å². The molecule has 0 aromatic rings. The van der Waals surface area contributed by atoms with E-state index >= 15 is 0 Å². The van der Waals surface area contributed by atoms with Crippen molar-refractivity contribution in [2.75, 3.05) is 0 Å². The molecule has 44 valence electrons. The van der Waals surface area contributed by atoms with Crippen molar-refractivity contribution in [3.05, 3.63) is 0 Å². The van der Waals surface area contributed by atoms with Gasteiger partial charge in [0.15, 0.2) is 0 Å². The Bertz CT molecular complexity index is 37.1. The Hall–Kier alpha value is 0.479. The van der Waals surface area contributed by atoms with Crippen LogP contribution >= 0.6 is 0 Å². The topological polar surface area (TPSA) is 26.0 Å². The van der Waals surface area contributed by atoms with Crippen LogP contribution < -0.4 is 5.73 Å². The molecule has 0 fully saturated rings. The van der Waals surface area contributed by atoms with Crippen LogP contribution in [0.15, 0.2) is 0 Å². The quantitative estimate of drug-likeness (QED) is 0.619. The molecule has 0 saturated carbocycles. The molecule has 0 aliphatic heterocycles. The Balaban J connectivity index is 2.68. The summed E-state index contributed by atoms with van der Waals surface area (Å²) in [6.07, 6.45) is 1.20. The summed E-state index contributed by atoms with van der Waals surface area (Å²) in [5.74, 6) is 2.25. The monoisotopic (exact) mass is 167 g/mol. The van der Waals surface area contributed by atoms with E-state index in [-0.39, 0.29) is 0 Å². The van der Waals surface area contributed by atoms with Crippen LogP contribution in [-0.4, -0.2) is 21.0 Å². The molecule has 0 amide bonds. The number of nitrogens with two attached hydrogens (primary N) is 1. The SMILES string of the molecule is C[Se]CC[C@@H](C)N. The van der Waals surface area contributed by atoms with E-state index in [0.717, 1.165) is 15.0 Å². The number of rotatable bonds is 3. The summed E-state index contributed by atoms with van der Waals surface area (Å²) in [5, 5.41) is 1.34. The van der Waals surface area contributed by atoms with Gasteiger partial charge < -0.3 is 0 Å². The van der Waals surface area contributed by atoms with Gasteiger partial charge in [-0.1, -0.05) is 0 Å². The molecular weight excluding hydrogens is 153 g/mol. The molecule has 2 heteroatoms. The fourth-order valence-corrected chi connectivity index (χ4v) is 1.58. The zero-order valence-electron chi connectivity index (χ0n) is 4.98. The minimum absolute atomic E-state index is 0.418. The van der Waals surface area contributed by atoms with Gasteiger partial charge in [0.2, 0.25) is 0 Å². The molecule has 0 unspecified atom stereocenters. The standard InChI is InChI=1S/C5H13NSe/c1-5(6)3-4-7-2/h5H,3-4,6H2,1-2H3/t5-/m1/s1. The molecule has 2 N–H and O–H groups in total. The molecule has 0 aromatic heterocycles.